The minimum Gasteiger partial charge on any atom is -0.748 e. The fourth-order valence-electron chi connectivity index (χ4n) is 3.89. The van der Waals surface area contributed by atoms with Gasteiger partial charge >= 0.3 is 51.4 Å². The van der Waals surface area contributed by atoms with Gasteiger partial charge in [-0.25, -0.2) is 16.8 Å². The zero-order valence-corrected chi connectivity index (χ0v) is 27.2. The third kappa shape index (κ3) is 8.14. The van der Waals surface area contributed by atoms with E-state index >= 15 is 0 Å². The van der Waals surface area contributed by atoms with Crippen molar-refractivity contribution < 1.29 is 87.0 Å². The Kier molecular flexibility index (Phi) is 10.6. The van der Waals surface area contributed by atoms with Crippen LogP contribution < -0.4 is 60.9 Å². The van der Waals surface area contributed by atoms with Gasteiger partial charge in [-0.2, -0.15) is 4.57 Å². The molecular formula is C22H22ClKN2O7S4. The van der Waals surface area contributed by atoms with Crippen molar-refractivity contribution in [1.29, 1.82) is 0 Å². The summed E-state index contributed by atoms with van der Waals surface area (Å²) in [7, 11) is -8.74. The van der Waals surface area contributed by atoms with E-state index in [4.69, 9.17) is 11.6 Å². The molecule has 1 aliphatic heterocycles. The second kappa shape index (κ2) is 12.5. The molecule has 2 heterocycles. The first-order valence-corrected chi connectivity index (χ1v) is 16.0. The largest absolute Gasteiger partial charge is 1.00 e. The topological polar surface area (TPSA) is 142 Å². The molecular weight excluding hydrogens is 607 g/mol. The molecule has 4 rings (SSSR count). The summed E-state index contributed by atoms with van der Waals surface area (Å²) in [6, 6.07) is 8.84. The summed E-state index contributed by atoms with van der Waals surface area (Å²) in [5.41, 5.74) is 2.18. The second-order valence-corrected chi connectivity index (χ2v) is 13.9. The third-order valence-corrected chi connectivity index (χ3v) is 9.56. The molecule has 3 aromatic rings. The Balaban J connectivity index is 0.00000380. The fourth-order valence-corrected chi connectivity index (χ4v) is 7.41. The number of fused-ring (bicyclic) bond motifs is 2. The van der Waals surface area contributed by atoms with Gasteiger partial charge < -0.3 is 19.1 Å². The molecule has 0 radical (unpaired) electrons. The summed E-state index contributed by atoms with van der Waals surface area (Å²) in [5, 5.41) is 12.3. The Labute approximate surface area is 271 Å². The molecule has 0 spiro atoms. The van der Waals surface area contributed by atoms with Gasteiger partial charge in [0.1, 0.15) is 10.4 Å². The molecule has 0 bridgehead atoms. The summed E-state index contributed by atoms with van der Waals surface area (Å²) >= 11 is 9.10. The number of phenols is 1. The van der Waals surface area contributed by atoms with Crippen molar-refractivity contribution in [2.75, 3.05) is 23.0 Å². The molecule has 0 amide bonds. The van der Waals surface area contributed by atoms with Gasteiger partial charge in [0, 0.05) is 34.4 Å². The van der Waals surface area contributed by atoms with E-state index in [1.54, 1.807) is 25.1 Å². The van der Waals surface area contributed by atoms with Crippen molar-refractivity contribution in [2.24, 2.45) is 0 Å². The Morgan fingerprint density at radius 1 is 1.08 bits per heavy atom. The predicted molar refractivity (Wildman–Crippen MR) is 139 cm³/mol. The Bertz CT molecular complexity index is 1570. The summed E-state index contributed by atoms with van der Waals surface area (Å²) in [6.07, 6.45) is 2.12. The van der Waals surface area contributed by atoms with E-state index in [9.17, 15) is 31.0 Å². The quantitative estimate of drug-likeness (QED) is 0.205. The van der Waals surface area contributed by atoms with E-state index < -0.39 is 31.7 Å². The predicted octanol–water partition coefficient (Wildman–Crippen LogP) is 0.642. The van der Waals surface area contributed by atoms with E-state index in [-0.39, 0.29) is 83.1 Å². The molecule has 0 unspecified atom stereocenters. The number of anilines is 1. The molecule has 9 nitrogen and oxygen atoms in total. The molecule has 0 saturated heterocycles. The Hall–Kier alpha value is -0.234. The SMILES string of the molecule is Cc1cc2sc(C=C3Sc4ccc(Cl)cc4N3CCCS(=O)(=O)[O-])[n+](CCCS(=O)(=O)[O-])c2cc1O.[K+]. The zero-order chi connectivity index (χ0) is 26.3. The van der Waals surface area contributed by atoms with Crippen LogP contribution in [0.5, 0.6) is 5.75 Å². The van der Waals surface area contributed by atoms with Crippen LogP contribution >= 0.6 is 34.7 Å². The number of nitrogens with zero attached hydrogens (tertiary/aromatic N) is 2. The van der Waals surface area contributed by atoms with Crippen LogP contribution in [0.2, 0.25) is 5.02 Å². The number of rotatable bonds is 9. The summed E-state index contributed by atoms with van der Waals surface area (Å²) in [4.78, 5) is 2.81. The minimum atomic E-state index is -4.38. The number of hydrogen-bond donors (Lipinski definition) is 1. The van der Waals surface area contributed by atoms with Gasteiger partial charge in [0.2, 0.25) is 5.52 Å². The van der Waals surface area contributed by atoms with Gasteiger partial charge in [-0.1, -0.05) is 34.7 Å². The normalized spacial score (nSPS) is 14.8. The van der Waals surface area contributed by atoms with Crippen molar-refractivity contribution in [2.45, 2.75) is 31.2 Å². The number of hydrogen-bond acceptors (Lipinski definition) is 10. The minimum absolute atomic E-state index is 0. The number of thioether (sulfide) groups is 1. The molecule has 0 atom stereocenters. The van der Waals surface area contributed by atoms with Crippen LogP contribution in [0.15, 0.2) is 40.3 Å². The Morgan fingerprint density at radius 3 is 2.43 bits per heavy atom. The average Bonchev–Trinajstić information content (AvgIpc) is 3.24. The summed E-state index contributed by atoms with van der Waals surface area (Å²) in [5.74, 6) is -0.912. The average molecular weight is 629 g/mol. The molecule has 15 heteroatoms. The standard InChI is InChI=1S/C22H23ClN2O7S4.K/c1-14-10-20-17(12-18(14)26)25(7-3-9-36(30,31)32)22(34-20)13-21-24(6-2-8-35(27,28)29)16-11-15(23)4-5-19(16)33-21;/h4-5,10-13H,2-3,6-9H2,1H3,(H2-,26,27,28,29,30,31,32);/q;+1/p-1. The number of halogens is 1. The van der Waals surface area contributed by atoms with Gasteiger partial charge in [-0.05, 0) is 43.2 Å². The Morgan fingerprint density at radius 2 is 1.76 bits per heavy atom. The first kappa shape index (κ1) is 31.3. The molecule has 37 heavy (non-hydrogen) atoms. The monoisotopic (exact) mass is 628 g/mol. The second-order valence-electron chi connectivity index (χ2n) is 8.28. The summed E-state index contributed by atoms with van der Waals surface area (Å²) < 4.78 is 69.6. The maximum Gasteiger partial charge on any atom is 1.00 e. The maximum atomic E-state index is 11.2. The van der Waals surface area contributed by atoms with E-state index in [1.165, 1.54) is 23.1 Å². The van der Waals surface area contributed by atoms with Crippen LogP contribution in [-0.2, 0) is 26.8 Å². The van der Waals surface area contributed by atoms with Gasteiger partial charge in [0.25, 0.3) is 5.01 Å². The van der Waals surface area contributed by atoms with Crippen molar-refractivity contribution >= 4 is 76.9 Å². The molecule has 0 aliphatic carbocycles. The van der Waals surface area contributed by atoms with E-state index in [2.05, 4.69) is 0 Å². The number of aromatic hydroxyl groups is 1. The molecule has 1 aliphatic rings. The first-order chi connectivity index (χ1) is 16.8. The van der Waals surface area contributed by atoms with Crippen molar-refractivity contribution in [3.05, 3.63) is 51.0 Å². The van der Waals surface area contributed by atoms with Gasteiger partial charge in [-0.15, -0.1) is 0 Å². The van der Waals surface area contributed by atoms with Crippen molar-refractivity contribution in [3.63, 3.8) is 0 Å². The van der Waals surface area contributed by atoms with Crippen LogP contribution in [0.4, 0.5) is 5.69 Å². The number of aryl methyl sites for hydroxylation is 2. The van der Waals surface area contributed by atoms with Crippen LogP contribution in [-0.4, -0.2) is 49.1 Å². The maximum absolute atomic E-state index is 11.2. The third-order valence-electron chi connectivity index (χ3n) is 5.54. The number of thiazole rings is 1. The van der Waals surface area contributed by atoms with Gasteiger partial charge in [0.15, 0.2) is 6.54 Å². The number of aromatic nitrogens is 1. The fraction of sp³-hybridized carbons (Fsp3) is 0.318. The van der Waals surface area contributed by atoms with E-state index in [0.29, 0.717) is 16.1 Å². The van der Waals surface area contributed by atoms with E-state index in [0.717, 1.165) is 25.3 Å². The molecule has 0 fully saturated rings. The molecule has 0 saturated carbocycles. The molecule has 194 valence electrons. The zero-order valence-electron chi connectivity index (χ0n) is 20.0. The number of benzene rings is 2. The molecule has 1 aromatic heterocycles. The molecule has 1 N–H and O–H groups in total. The van der Waals surface area contributed by atoms with Crippen molar-refractivity contribution in [1.82, 2.24) is 0 Å². The first-order valence-electron chi connectivity index (χ1n) is 10.8. The van der Waals surface area contributed by atoms with E-state index in [1.807, 2.05) is 27.7 Å². The summed E-state index contributed by atoms with van der Waals surface area (Å²) in [6.45, 7) is 2.29. The van der Waals surface area contributed by atoms with Gasteiger partial charge in [-0.3, -0.25) is 0 Å². The van der Waals surface area contributed by atoms with Crippen LogP contribution in [0, 0.1) is 6.92 Å². The van der Waals surface area contributed by atoms with Crippen molar-refractivity contribution in [3.8, 4) is 5.75 Å². The smallest absolute Gasteiger partial charge is 0.748 e. The van der Waals surface area contributed by atoms with Crippen LogP contribution in [0.25, 0.3) is 16.3 Å². The molecule has 2 aromatic carbocycles. The van der Waals surface area contributed by atoms with Crippen LogP contribution in [0.3, 0.4) is 0 Å². The van der Waals surface area contributed by atoms with Crippen LogP contribution in [0.1, 0.15) is 23.4 Å². The number of phenolic OH excluding ortho intramolecular Hbond substituents is 1. The van der Waals surface area contributed by atoms with Gasteiger partial charge in [0.05, 0.1) is 43.1 Å².